The average Bonchev–Trinajstić information content (AvgIpc) is 2.67. The lowest BCUT2D eigenvalue weighted by molar-refractivity contribution is -0.149. The van der Waals surface area contributed by atoms with E-state index >= 15 is 0 Å². The SMILES string of the molecule is Cc1nc2ccc(Br)cc2c(=O)n1N=Cc1ccc(OCC(=O)OC(C)C)c(Cl)c1. The number of carbonyl (C=O) groups excluding carboxylic acids is 1. The van der Waals surface area contributed by atoms with Crippen LogP contribution in [0.15, 0.2) is 50.8 Å². The summed E-state index contributed by atoms with van der Waals surface area (Å²) >= 11 is 9.60. The van der Waals surface area contributed by atoms with Gasteiger partial charge in [-0.25, -0.2) is 9.78 Å². The van der Waals surface area contributed by atoms with Crippen LogP contribution in [0.2, 0.25) is 5.02 Å². The van der Waals surface area contributed by atoms with Gasteiger partial charge in [0.05, 0.1) is 28.2 Å². The maximum atomic E-state index is 12.8. The summed E-state index contributed by atoms with van der Waals surface area (Å²) in [6, 6.07) is 10.3. The summed E-state index contributed by atoms with van der Waals surface area (Å²) in [5.41, 5.74) is 0.982. The van der Waals surface area contributed by atoms with Crippen molar-refractivity contribution in [1.29, 1.82) is 0 Å². The van der Waals surface area contributed by atoms with E-state index in [1.54, 1.807) is 51.1 Å². The lowest BCUT2D eigenvalue weighted by Crippen LogP contribution is -2.20. The van der Waals surface area contributed by atoms with Crippen molar-refractivity contribution in [2.24, 2.45) is 5.10 Å². The van der Waals surface area contributed by atoms with Crippen molar-refractivity contribution < 1.29 is 14.3 Å². The zero-order valence-corrected chi connectivity index (χ0v) is 18.9. The standard InChI is InChI=1S/C21H19BrClN3O4/c1-12(2)30-20(27)11-29-19-7-4-14(8-17(19)23)10-24-26-13(3)25-18-6-5-15(22)9-16(18)21(26)28/h4-10,12H,11H2,1-3H3. The Morgan fingerprint density at radius 2 is 2.07 bits per heavy atom. The molecule has 7 nitrogen and oxygen atoms in total. The number of hydrogen-bond donors (Lipinski definition) is 0. The summed E-state index contributed by atoms with van der Waals surface area (Å²) in [6.45, 7) is 4.99. The third kappa shape index (κ3) is 5.25. The second kappa shape index (κ2) is 9.40. The van der Waals surface area contributed by atoms with Gasteiger partial charge in [-0.1, -0.05) is 27.5 Å². The maximum absolute atomic E-state index is 12.8. The molecule has 0 aliphatic carbocycles. The molecule has 0 bridgehead atoms. The number of benzene rings is 2. The molecule has 0 fully saturated rings. The molecule has 3 aromatic rings. The highest BCUT2D eigenvalue weighted by Gasteiger charge is 2.10. The molecule has 1 aromatic heterocycles. The highest BCUT2D eigenvalue weighted by atomic mass is 79.9. The van der Waals surface area contributed by atoms with E-state index in [-0.39, 0.29) is 18.3 Å². The molecular weight excluding hydrogens is 474 g/mol. The molecule has 0 amide bonds. The van der Waals surface area contributed by atoms with E-state index < -0.39 is 5.97 Å². The fourth-order valence-corrected chi connectivity index (χ4v) is 3.27. The number of aryl methyl sites for hydroxylation is 1. The zero-order valence-electron chi connectivity index (χ0n) is 16.6. The normalized spacial score (nSPS) is 11.4. The maximum Gasteiger partial charge on any atom is 0.344 e. The molecule has 0 N–H and O–H groups in total. The predicted molar refractivity (Wildman–Crippen MR) is 120 cm³/mol. The van der Waals surface area contributed by atoms with Gasteiger partial charge in [-0.3, -0.25) is 4.79 Å². The third-order valence-corrected chi connectivity index (χ3v) is 4.75. The van der Waals surface area contributed by atoms with E-state index in [1.807, 2.05) is 6.07 Å². The number of esters is 1. The number of nitrogens with zero attached hydrogens (tertiary/aromatic N) is 3. The fraction of sp³-hybridized carbons (Fsp3) is 0.238. The molecule has 0 unspecified atom stereocenters. The number of carbonyl (C=O) groups is 1. The molecule has 0 spiro atoms. The number of ether oxygens (including phenoxy) is 2. The van der Waals surface area contributed by atoms with Gasteiger partial charge < -0.3 is 9.47 Å². The van der Waals surface area contributed by atoms with Crippen molar-refractivity contribution in [3.8, 4) is 5.75 Å². The molecule has 0 atom stereocenters. The molecule has 0 aliphatic heterocycles. The van der Waals surface area contributed by atoms with Crippen LogP contribution in [-0.2, 0) is 9.53 Å². The van der Waals surface area contributed by atoms with Crippen LogP contribution < -0.4 is 10.3 Å². The summed E-state index contributed by atoms with van der Waals surface area (Å²) in [5.74, 6) is 0.331. The first-order valence-electron chi connectivity index (χ1n) is 9.09. The average molecular weight is 493 g/mol. The largest absolute Gasteiger partial charge is 0.480 e. The molecule has 30 heavy (non-hydrogen) atoms. The van der Waals surface area contributed by atoms with Crippen molar-refractivity contribution in [3.05, 3.63) is 67.6 Å². The molecule has 0 saturated carbocycles. The van der Waals surface area contributed by atoms with Crippen LogP contribution in [0.3, 0.4) is 0 Å². The van der Waals surface area contributed by atoms with Crippen molar-refractivity contribution in [1.82, 2.24) is 9.66 Å². The van der Waals surface area contributed by atoms with Crippen LogP contribution >= 0.6 is 27.5 Å². The Balaban J connectivity index is 1.81. The van der Waals surface area contributed by atoms with Gasteiger partial charge in [0.15, 0.2) is 6.61 Å². The van der Waals surface area contributed by atoms with Gasteiger partial charge in [0.2, 0.25) is 0 Å². The minimum atomic E-state index is -0.475. The molecular formula is C21H19BrClN3O4. The first-order chi connectivity index (χ1) is 14.2. The van der Waals surface area contributed by atoms with E-state index in [4.69, 9.17) is 21.1 Å². The van der Waals surface area contributed by atoms with E-state index in [9.17, 15) is 9.59 Å². The van der Waals surface area contributed by atoms with Gasteiger partial charge in [-0.05, 0) is 62.7 Å². The smallest absolute Gasteiger partial charge is 0.344 e. The lowest BCUT2D eigenvalue weighted by Gasteiger charge is -2.10. The van der Waals surface area contributed by atoms with Crippen LogP contribution in [0.1, 0.15) is 25.2 Å². The van der Waals surface area contributed by atoms with Gasteiger partial charge >= 0.3 is 5.97 Å². The van der Waals surface area contributed by atoms with Gasteiger partial charge in [0.1, 0.15) is 11.6 Å². The predicted octanol–water partition coefficient (Wildman–Crippen LogP) is 4.33. The van der Waals surface area contributed by atoms with Crippen molar-refractivity contribution in [3.63, 3.8) is 0 Å². The van der Waals surface area contributed by atoms with Crippen LogP contribution in [0.5, 0.6) is 5.75 Å². The quantitative estimate of drug-likeness (QED) is 0.378. The topological polar surface area (TPSA) is 82.8 Å². The highest BCUT2D eigenvalue weighted by molar-refractivity contribution is 9.10. The summed E-state index contributed by atoms with van der Waals surface area (Å²) in [6.07, 6.45) is 1.29. The molecule has 0 saturated heterocycles. The third-order valence-electron chi connectivity index (χ3n) is 3.96. The Labute approximate surface area is 186 Å². The minimum absolute atomic E-state index is 0.215. The number of rotatable bonds is 6. The first-order valence-corrected chi connectivity index (χ1v) is 10.3. The summed E-state index contributed by atoms with van der Waals surface area (Å²) in [7, 11) is 0. The molecule has 1 heterocycles. The Hall–Kier alpha value is -2.71. The van der Waals surface area contributed by atoms with Crippen molar-refractivity contribution >= 4 is 50.6 Å². The van der Waals surface area contributed by atoms with Gasteiger partial charge in [0, 0.05) is 4.47 Å². The van der Waals surface area contributed by atoms with Gasteiger partial charge in [0.25, 0.3) is 5.56 Å². The molecule has 9 heteroatoms. The minimum Gasteiger partial charge on any atom is -0.480 e. The summed E-state index contributed by atoms with van der Waals surface area (Å²) < 4.78 is 12.4. The number of halogens is 2. The second-order valence-corrected chi connectivity index (χ2v) is 8.02. The van der Waals surface area contributed by atoms with Crippen LogP contribution in [0, 0.1) is 6.92 Å². The first kappa shape index (κ1) is 22.0. The summed E-state index contributed by atoms with van der Waals surface area (Å²) in [4.78, 5) is 28.8. The van der Waals surface area contributed by atoms with E-state index in [0.717, 1.165) is 4.47 Å². The van der Waals surface area contributed by atoms with Gasteiger partial charge in [-0.15, -0.1) is 0 Å². The molecule has 156 valence electrons. The molecule has 2 aromatic carbocycles. The molecule has 0 aliphatic rings. The van der Waals surface area contributed by atoms with Crippen molar-refractivity contribution in [2.45, 2.75) is 26.9 Å². The van der Waals surface area contributed by atoms with Gasteiger partial charge in [-0.2, -0.15) is 9.78 Å². The molecule has 0 radical (unpaired) electrons. The highest BCUT2D eigenvalue weighted by Crippen LogP contribution is 2.25. The van der Waals surface area contributed by atoms with Crippen molar-refractivity contribution in [2.75, 3.05) is 6.61 Å². The number of fused-ring (bicyclic) bond motifs is 1. The Bertz CT molecular complexity index is 1190. The van der Waals surface area contributed by atoms with Crippen LogP contribution in [-0.4, -0.2) is 34.6 Å². The Morgan fingerprint density at radius 3 is 2.77 bits per heavy atom. The number of hydrogen-bond acceptors (Lipinski definition) is 6. The fourth-order valence-electron chi connectivity index (χ4n) is 2.67. The zero-order chi connectivity index (χ0) is 21.8. The van der Waals surface area contributed by atoms with Crippen LogP contribution in [0.25, 0.3) is 10.9 Å². The second-order valence-electron chi connectivity index (χ2n) is 6.70. The Kier molecular flexibility index (Phi) is 6.89. The van der Waals surface area contributed by atoms with Crippen LogP contribution in [0.4, 0.5) is 0 Å². The van der Waals surface area contributed by atoms with E-state index in [1.165, 1.54) is 10.9 Å². The molecule has 3 rings (SSSR count). The number of aromatic nitrogens is 2. The Morgan fingerprint density at radius 1 is 1.30 bits per heavy atom. The van der Waals surface area contributed by atoms with E-state index in [2.05, 4.69) is 26.0 Å². The lowest BCUT2D eigenvalue weighted by atomic mass is 10.2. The van der Waals surface area contributed by atoms with E-state index in [0.29, 0.717) is 33.1 Å². The monoisotopic (exact) mass is 491 g/mol. The summed E-state index contributed by atoms with van der Waals surface area (Å²) in [5, 5.41) is 5.03.